The van der Waals surface area contributed by atoms with E-state index in [2.05, 4.69) is 20.4 Å². The molecule has 0 unspecified atom stereocenters. The van der Waals surface area contributed by atoms with Crippen molar-refractivity contribution in [3.8, 4) is 11.4 Å². The third-order valence-electron chi connectivity index (χ3n) is 7.33. The molecule has 6 rings (SSSR count). The Morgan fingerprint density at radius 3 is 2.53 bits per heavy atom. The number of carbonyl (C=O) groups is 2. The third kappa shape index (κ3) is 3.94. The zero-order valence-electron chi connectivity index (χ0n) is 19.7. The fourth-order valence-electron chi connectivity index (χ4n) is 5.35. The fourth-order valence-corrected chi connectivity index (χ4v) is 5.35. The minimum atomic E-state index is -4.63. The molecule has 1 N–H and O–H groups in total. The highest BCUT2D eigenvalue weighted by Gasteiger charge is 2.45. The summed E-state index contributed by atoms with van der Waals surface area (Å²) in [6.45, 7) is -0.222. The molecule has 198 valence electrons. The van der Waals surface area contributed by atoms with Crippen molar-refractivity contribution in [3.63, 3.8) is 0 Å². The first kappa shape index (κ1) is 24.2. The van der Waals surface area contributed by atoms with E-state index >= 15 is 0 Å². The molecule has 4 aromatic heterocycles. The number of fused-ring (bicyclic) bond motifs is 2. The Balaban J connectivity index is 1.39. The van der Waals surface area contributed by atoms with Crippen molar-refractivity contribution < 1.29 is 31.5 Å². The van der Waals surface area contributed by atoms with Crippen LogP contribution in [-0.4, -0.2) is 66.7 Å². The van der Waals surface area contributed by atoms with Crippen molar-refractivity contribution >= 4 is 28.4 Å². The van der Waals surface area contributed by atoms with Gasteiger partial charge in [0.2, 0.25) is 5.91 Å². The molecule has 0 saturated carbocycles. The first-order valence-corrected chi connectivity index (χ1v) is 11.9. The van der Waals surface area contributed by atoms with Gasteiger partial charge in [-0.3, -0.25) is 23.7 Å². The van der Waals surface area contributed by atoms with Gasteiger partial charge in [-0.25, -0.2) is 13.8 Å². The summed E-state index contributed by atoms with van der Waals surface area (Å²) in [6.07, 6.45) is 0.407. The van der Waals surface area contributed by atoms with Crippen LogP contribution in [0.4, 0.5) is 22.0 Å². The van der Waals surface area contributed by atoms with Gasteiger partial charge in [-0.1, -0.05) is 0 Å². The van der Waals surface area contributed by atoms with Crippen molar-refractivity contribution in [3.05, 3.63) is 48.1 Å². The monoisotopic (exact) mass is 533 g/mol. The van der Waals surface area contributed by atoms with E-state index in [0.717, 1.165) is 10.6 Å². The van der Waals surface area contributed by atoms with Gasteiger partial charge in [0.15, 0.2) is 11.5 Å². The number of alkyl halides is 3. The van der Waals surface area contributed by atoms with E-state index in [1.165, 1.54) is 23.4 Å². The Hall–Kier alpha value is -4.10. The average Bonchev–Trinajstić information content (AvgIpc) is 3.54. The maximum absolute atomic E-state index is 14.2. The zero-order chi connectivity index (χ0) is 26.8. The molecule has 4 aromatic rings. The van der Waals surface area contributed by atoms with E-state index in [1.54, 1.807) is 0 Å². The number of nitrogens with one attached hydrogen (secondary N) is 1. The largest absolute Gasteiger partial charge is 0.408 e. The average molecular weight is 533 g/mol. The molecule has 0 radical (unpaired) electrons. The van der Waals surface area contributed by atoms with Crippen molar-refractivity contribution in [2.45, 2.75) is 32.0 Å². The Morgan fingerprint density at radius 1 is 1.08 bits per heavy atom. The van der Waals surface area contributed by atoms with E-state index in [1.807, 2.05) is 0 Å². The minimum absolute atomic E-state index is 0.0140. The minimum Gasteiger partial charge on any atom is -0.356 e. The molecule has 9 nitrogen and oxygen atoms in total. The van der Waals surface area contributed by atoms with E-state index in [0.29, 0.717) is 49.6 Å². The molecule has 0 bridgehead atoms. The van der Waals surface area contributed by atoms with Gasteiger partial charge < -0.3 is 10.2 Å². The number of rotatable bonds is 3. The Morgan fingerprint density at radius 2 is 1.84 bits per heavy atom. The number of piperidine rings is 1. The number of pyridine rings is 2. The lowest BCUT2D eigenvalue weighted by atomic mass is 9.77. The predicted molar refractivity (Wildman–Crippen MR) is 123 cm³/mol. The van der Waals surface area contributed by atoms with Crippen LogP contribution in [0.2, 0.25) is 0 Å². The molecule has 0 aliphatic carbocycles. The van der Waals surface area contributed by atoms with Crippen LogP contribution in [0.5, 0.6) is 0 Å². The van der Waals surface area contributed by atoms with E-state index in [-0.39, 0.29) is 39.5 Å². The molecule has 2 fully saturated rings. The summed E-state index contributed by atoms with van der Waals surface area (Å²) in [4.78, 5) is 35.1. The maximum atomic E-state index is 14.2. The van der Waals surface area contributed by atoms with E-state index in [4.69, 9.17) is 0 Å². The number of likely N-dealkylation sites (tertiary alicyclic amines) is 1. The van der Waals surface area contributed by atoms with Gasteiger partial charge in [0.05, 0.1) is 22.8 Å². The van der Waals surface area contributed by atoms with Crippen LogP contribution in [-0.2, 0) is 11.3 Å². The highest BCUT2D eigenvalue weighted by molar-refractivity contribution is 5.99. The SMILES string of the molecule is O=C(c1cc2c(cn1)c(-c1cnc3c(F)cc(F)cn13)nn2CC(F)(F)F)N1CCC2(CCNC2=O)CC1. The third-order valence-corrected chi connectivity index (χ3v) is 7.33. The van der Waals surface area contributed by atoms with Gasteiger partial charge in [-0.2, -0.15) is 18.3 Å². The molecule has 0 atom stereocenters. The van der Waals surface area contributed by atoms with E-state index < -0.39 is 35.7 Å². The summed E-state index contributed by atoms with van der Waals surface area (Å²) in [5.74, 6) is -2.34. The smallest absolute Gasteiger partial charge is 0.356 e. The summed E-state index contributed by atoms with van der Waals surface area (Å²) >= 11 is 0. The van der Waals surface area contributed by atoms with Crippen LogP contribution in [0.3, 0.4) is 0 Å². The topological polar surface area (TPSA) is 97.4 Å². The lowest BCUT2D eigenvalue weighted by molar-refractivity contribution is -0.141. The summed E-state index contributed by atoms with van der Waals surface area (Å²) < 4.78 is 70.1. The number of nitrogens with zero attached hydrogens (tertiary/aromatic N) is 6. The summed E-state index contributed by atoms with van der Waals surface area (Å²) in [6, 6.07) is 1.88. The highest BCUT2D eigenvalue weighted by atomic mass is 19.4. The molecule has 14 heteroatoms. The van der Waals surface area contributed by atoms with Crippen LogP contribution in [0.25, 0.3) is 27.9 Å². The number of carbonyl (C=O) groups excluding carboxylic acids is 2. The van der Waals surface area contributed by atoms with Gasteiger partial charge in [-0.15, -0.1) is 0 Å². The van der Waals surface area contributed by atoms with Crippen molar-refractivity contribution in [2.75, 3.05) is 19.6 Å². The van der Waals surface area contributed by atoms with Crippen LogP contribution in [0.1, 0.15) is 29.8 Å². The maximum Gasteiger partial charge on any atom is 0.408 e. The zero-order valence-corrected chi connectivity index (χ0v) is 19.7. The molecule has 0 aromatic carbocycles. The number of imidazole rings is 1. The second kappa shape index (κ2) is 8.46. The van der Waals surface area contributed by atoms with Gasteiger partial charge >= 0.3 is 6.18 Å². The summed E-state index contributed by atoms with van der Waals surface area (Å²) in [5, 5.41) is 7.06. The lowest BCUT2D eigenvalue weighted by Gasteiger charge is -2.37. The summed E-state index contributed by atoms with van der Waals surface area (Å²) in [7, 11) is 0. The number of hydrogen-bond acceptors (Lipinski definition) is 5. The number of halogens is 5. The van der Waals surface area contributed by atoms with Crippen molar-refractivity contribution in [1.29, 1.82) is 0 Å². The Kier molecular flexibility index (Phi) is 5.40. The molecule has 2 aliphatic heterocycles. The molecule has 1 spiro atoms. The lowest BCUT2D eigenvalue weighted by Crippen LogP contribution is -2.46. The van der Waals surface area contributed by atoms with Gasteiger partial charge in [-0.05, 0) is 25.3 Å². The number of aromatic nitrogens is 5. The van der Waals surface area contributed by atoms with Crippen molar-refractivity contribution in [2.24, 2.45) is 5.41 Å². The number of hydrogen-bond donors (Lipinski definition) is 1. The molecular formula is C24H20F5N7O2. The normalized spacial score (nSPS) is 17.6. The van der Waals surface area contributed by atoms with Crippen LogP contribution < -0.4 is 5.32 Å². The second-order valence-corrected chi connectivity index (χ2v) is 9.63. The second-order valence-electron chi connectivity index (χ2n) is 9.63. The predicted octanol–water partition coefficient (Wildman–Crippen LogP) is 3.33. The van der Waals surface area contributed by atoms with Crippen LogP contribution in [0.15, 0.2) is 30.7 Å². The quantitative estimate of drug-likeness (QED) is 0.408. The van der Waals surface area contributed by atoms with Gasteiger partial charge in [0, 0.05) is 43.5 Å². The molecule has 2 saturated heterocycles. The van der Waals surface area contributed by atoms with Crippen molar-refractivity contribution in [1.82, 2.24) is 34.4 Å². The molecule has 2 amide bonds. The Bertz CT molecular complexity index is 1600. The first-order valence-electron chi connectivity index (χ1n) is 11.9. The molecule has 2 aliphatic rings. The van der Waals surface area contributed by atoms with Gasteiger partial charge in [0.25, 0.3) is 5.91 Å². The highest BCUT2D eigenvalue weighted by Crippen LogP contribution is 2.38. The van der Waals surface area contributed by atoms with Crippen LogP contribution in [0, 0.1) is 17.0 Å². The molecular weight excluding hydrogens is 513 g/mol. The summed E-state index contributed by atoms with van der Waals surface area (Å²) in [5.41, 5.74) is -0.776. The molecule has 6 heterocycles. The first-order chi connectivity index (χ1) is 18.0. The standard InChI is InChI=1S/C24H20F5N7O2/c25-13-7-15(26)20-32-10-18(35(20)11-13)19-14-9-31-16(8-17(14)36(33-19)12-24(27,28)29)21(37)34-5-2-23(3-6-34)1-4-30-22(23)38/h7-11H,1-6,12H2,(H,30,38). The number of amides is 2. The fraction of sp³-hybridized carbons (Fsp3) is 0.375. The van der Waals surface area contributed by atoms with Gasteiger partial charge in [0.1, 0.15) is 23.7 Å². The molecule has 38 heavy (non-hydrogen) atoms. The van der Waals surface area contributed by atoms with E-state index in [9.17, 15) is 31.5 Å². The van der Waals surface area contributed by atoms with Crippen LogP contribution >= 0.6 is 0 Å². The Labute approximate surface area is 211 Å².